The number of carbonyl (C=O) groups excluding carboxylic acids is 1. The number of aliphatic hydroxyl groups is 1. The van der Waals surface area contributed by atoms with Crippen molar-refractivity contribution in [3.8, 4) is 0 Å². The molecule has 1 aromatic rings. The Labute approximate surface area is 103 Å². The second-order valence-electron chi connectivity index (χ2n) is 4.32. The molecule has 0 saturated heterocycles. The van der Waals surface area contributed by atoms with Crippen LogP contribution in [0.2, 0.25) is 0 Å². The van der Waals surface area contributed by atoms with E-state index in [0.717, 1.165) is 19.0 Å². The quantitative estimate of drug-likeness (QED) is 0.495. The van der Waals surface area contributed by atoms with Crippen molar-refractivity contribution in [3.05, 3.63) is 22.0 Å². The molecule has 1 amide bonds. The second kappa shape index (κ2) is 5.13. The molecular formula is C10H14N4O4. The Kier molecular flexibility index (Phi) is 3.56. The number of nitro groups is 1. The topological polar surface area (TPSA) is 121 Å². The molecule has 98 valence electrons. The molecule has 2 rings (SSSR count). The maximum atomic E-state index is 11.9. The van der Waals surface area contributed by atoms with Crippen LogP contribution in [0.5, 0.6) is 0 Å². The van der Waals surface area contributed by atoms with Gasteiger partial charge < -0.3 is 10.4 Å². The number of amides is 1. The maximum absolute atomic E-state index is 11.9. The SMILES string of the molecule is O=C(NC(CCO)C1CC1)c1[nH]ncc1[N+](=O)[O-]. The zero-order valence-corrected chi connectivity index (χ0v) is 9.63. The van der Waals surface area contributed by atoms with Crippen molar-refractivity contribution in [1.82, 2.24) is 15.5 Å². The molecule has 1 heterocycles. The van der Waals surface area contributed by atoms with E-state index in [0.29, 0.717) is 12.3 Å². The van der Waals surface area contributed by atoms with Gasteiger partial charge in [0.05, 0.1) is 4.92 Å². The van der Waals surface area contributed by atoms with Gasteiger partial charge in [-0.15, -0.1) is 0 Å². The smallest absolute Gasteiger partial charge is 0.319 e. The van der Waals surface area contributed by atoms with E-state index in [4.69, 9.17) is 5.11 Å². The maximum Gasteiger partial charge on any atom is 0.319 e. The molecule has 0 radical (unpaired) electrons. The van der Waals surface area contributed by atoms with E-state index < -0.39 is 10.8 Å². The molecule has 0 aliphatic heterocycles. The van der Waals surface area contributed by atoms with E-state index in [-0.39, 0.29) is 24.0 Å². The molecule has 1 aliphatic rings. The van der Waals surface area contributed by atoms with Crippen LogP contribution in [0.4, 0.5) is 5.69 Å². The van der Waals surface area contributed by atoms with Crippen molar-refractivity contribution in [1.29, 1.82) is 0 Å². The molecule has 1 atom stereocenters. The predicted molar refractivity (Wildman–Crippen MR) is 60.9 cm³/mol. The van der Waals surface area contributed by atoms with Crippen LogP contribution < -0.4 is 5.32 Å². The lowest BCUT2D eigenvalue weighted by Crippen LogP contribution is -2.37. The van der Waals surface area contributed by atoms with Gasteiger partial charge in [0.2, 0.25) is 5.69 Å². The third-order valence-electron chi connectivity index (χ3n) is 2.99. The van der Waals surface area contributed by atoms with E-state index in [1.54, 1.807) is 0 Å². The van der Waals surface area contributed by atoms with Gasteiger partial charge in [-0.25, -0.2) is 0 Å². The summed E-state index contributed by atoms with van der Waals surface area (Å²) in [6.07, 6.45) is 3.48. The third kappa shape index (κ3) is 2.65. The van der Waals surface area contributed by atoms with Gasteiger partial charge in [0, 0.05) is 12.6 Å². The van der Waals surface area contributed by atoms with Crippen molar-refractivity contribution >= 4 is 11.6 Å². The molecule has 0 bridgehead atoms. The lowest BCUT2D eigenvalue weighted by molar-refractivity contribution is -0.385. The first-order chi connectivity index (χ1) is 8.63. The minimum Gasteiger partial charge on any atom is -0.396 e. The highest BCUT2D eigenvalue weighted by Gasteiger charge is 2.33. The summed E-state index contributed by atoms with van der Waals surface area (Å²) in [6.45, 7) is -0.0213. The monoisotopic (exact) mass is 254 g/mol. The van der Waals surface area contributed by atoms with Gasteiger partial charge in [-0.2, -0.15) is 5.10 Å². The van der Waals surface area contributed by atoms with Crippen LogP contribution in [0.3, 0.4) is 0 Å². The summed E-state index contributed by atoms with van der Waals surface area (Å²) in [4.78, 5) is 21.9. The molecule has 1 unspecified atom stereocenters. The number of aliphatic hydroxyl groups excluding tert-OH is 1. The van der Waals surface area contributed by atoms with Crippen molar-refractivity contribution in [2.75, 3.05) is 6.61 Å². The number of nitrogens with one attached hydrogen (secondary N) is 2. The molecule has 18 heavy (non-hydrogen) atoms. The van der Waals surface area contributed by atoms with Crippen LogP contribution in [0.25, 0.3) is 0 Å². The molecule has 8 heteroatoms. The Morgan fingerprint density at radius 2 is 2.44 bits per heavy atom. The fourth-order valence-corrected chi connectivity index (χ4v) is 1.89. The number of rotatable bonds is 6. The average Bonchev–Trinajstić information content (AvgIpc) is 3.04. The number of aromatic amines is 1. The molecule has 3 N–H and O–H groups in total. The van der Waals surface area contributed by atoms with Crippen LogP contribution in [0.1, 0.15) is 29.8 Å². The average molecular weight is 254 g/mol. The van der Waals surface area contributed by atoms with Gasteiger partial charge in [0.15, 0.2) is 0 Å². The van der Waals surface area contributed by atoms with Crippen molar-refractivity contribution in [2.45, 2.75) is 25.3 Å². The summed E-state index contributed by atoms with van der Waals surface area (Å²) in [5.41, 5.74) is -0.491. The zero-order chi connectivity index (χ0) is 13.1. The molecule has 1 aromatic heterocycles. The van der Waals surface area contributed by atoms with Gasteiger partial charge >= 0.3 is 5.69 Å². The van der Waals surface area contributed by atoms with E-state index in [1.807, 2.05) is 0 Å². The summed E-state index contributed by atoms with van der Waals surface area (Å²) in [5.74, 6) is -0.187. The molecule has 1 aliphatic carbocycles. The number of H-pyrrole nitrogens is 1. The Hall–Kier alpha value is -1.96. The normalized spacial score (nSPS) is 16.3. The van der Waals surface area contributed by atoms with Crippen LogP contribution in [-0.2, 0) is 0 Å². The molecular weight excluding hydrogens is 240 g/mol. The van der Waals surface area contributed by atoms with Crippen molar-refractivity contribution in [3.63, 3.8) is 0 Å². The predicted octanol–water partition coefficient (Wildman–Crippen LogP) is 0.209. The van der Waals surface area contributed by atoms with Crippen LogP contribution in [0, 0.1) is 16.0 Å². The highest BCUT2D eigenvalue weighted by molar-refractivity contribution is 5.96. The van der Waals surface area contributed by atoms with E-state index in [2.05, 4.69) is 15.5 Å². The summed E-state index contributed by atoms with van der Waals surface area (Å²) in [7, 11) is 0. The number of hydrogen-bond donors (Lipinski definition) is 3. The standard InChI is InChI=1S/C10H14N4O4/c15-4-3-7(6-1-2-6)12-10(16)9-8(14(17)18)5-11-13-9/h5-7,15H,1-4H2,(H,11,13)(H,12,16). The van der Waals surface area contributed by atoms with Gasteiger partial charge in [0.25, 0.3) is 5.91 Å². The molecule has 1 saturated carbocycles. The first-order valence-electron chi connectivity index (χ1n) is 5.73. The van der Waals surface area contributed by atoms with Crippen molar-refractivity contribution < 1.29 is 14.8 Å². The molecule has 8 nitrogen and oxygen atoms in total. The summed E-state index contributed by atoms with van der Waals surface area (Å²) in [5, 5.41) is 28.1. The minimum absolute atomic E-state index is 0.0213. The first kappa shape index (κ1) is 12.5. The van der Waals surface area contributed by atoms with E-state index in [1.165, 1.54) is 0 Å². The number of aromatic nitrogens is 2. The Morgan fingerprint density at radius 1 is 1.72 bits per heavy atom. The minimum atomic E-state index is -0.656. The van der Waals surface area contributed by atoms with E-state index >= 15 is 0 Å². The van der Waals surface area contributed by atoms with Gasteiger partial charge in [0.1, 0.15) is 6.20 Å². The van der Waals surface area contributed by atoms with Crippen molar-refractivity contribution in [2.24, 2.45) is 5.92 Å². The highest BCUT2D eigenvalue weighted by atomic mass is 16.6. The summed E-state index contributed by atoms with van der Waals surface area (Å²) < 4.78 is 0. The lowest BCUT2D eigenvalue weighted by atomic mass is 10.1. The molecule has 0 aromatic carbocycles. The number of hydrogen-bond acceptors (Lipinski definition) is 5. The third-order valence-corrected chi connectivity index (χ3v) is 2.99. The molecule has 0 spiro atoms. The summed E-state index contributed by atoms with van der Waals surface area (Å²) in [6, 6.07) is -0.134. The number of carbonyl (C=O) groups is 1. The highest BCUT2D eigenvalue weighted by Crippen LogP contribution is 2.34. The fourth-order valence-electron chi connectivity index (χ4n) is 1.89. The van der Waals surface area contributed by atoms with Gasteiger partial charge in [-0.3, -0.25) is 20.0 Å². The largest absolute Gasteiger partial charge is 0.396 e. The lowest BCUT2D eigenvalue weighted by Gasteiger charge is -2.16. The van der Waals surface area contributed by atoms with Gasteiger partial charge in [-0.05, 0) is 25.2 Å². The fraction of sp³-hybridized carbons (Fsp3) is 0.600. The second-order valence-corrected chi connectivity index (χ2v) is 4.32. The van der Waals surface area contributed by atoms with Crippen LogP contribution in [0.15, 0.2) is 6.20 Å². The van der Waals surface area contributed by atoms with E-state index in [9.17, 15) is 14.9 Å². The zero-order valence-electron chi connectivity index (χ0n) is 9.63. The Balaban J connectivity index is 2.06. The van der Waals surface area contributed by atoms with Crippen LogP contribution >= 0.6 is 0 Å². The number of nitrogens with zero attached hydrogens (tertiary/aromatic N) is 2. The first-order valence-corrected chi connectivity index (χ1v) is 5.73. The molecule has 1 fully saturated rings. The van der Waals surface area contributed by atoms with Crippen LogP contribution in [-0.4, -0.2) is 38.8 Å². The van der Waals surface area contributed by atoms with Gasteiger partial charge in [-0.1, -0.05) is 0 Å². The summed E-state index contributed by atoms with van der Waals surface area (Å²) >= 11 is 0. The Bertz CT molecular complexity index is 454. The Morgan fingerprint density at radius 3 is 3.00 bits per heavy atom.